The molecule has 0 aromatic rings. The molecule has 8 heteroatoms. The van der Waals surface area contributed by atoms with Crippen LogP contribution in [-0.4, -0.2) is 99.7 Å². The smallest absolute Gasteiger partial charge is 0.193 e. The highest BCUT2D eigenvalue weighted by Crippen LogP contribution is 2.36. The molecule has 7 nitrogen and oxygen atoms in total. The van der Waals surface area contributed by atoms with Crippen LogP contribution in [0.4, 0.5) is 0 Å². The molecule has 1 saturated carbocycles. The van der Waals surface area contributed by atoms with Gasteiger partial charge in [-0.1, -0.05) is 19.3 Å². The van der Waals surface area contributed by atoms with E-state index in [-0.39, 0.29) is 41.2 Å². The lowest BCUT2D eigenvalue weighted by Gasteiger charge is -2.52. The Bertz CT molecular complexity index is 524. The summed E-state index contributed by atoms with van der Waals surface area (Å²) in [6.07, 6.45) is 6.59. The zero-order valence-electron chi connectivity index (χ0n) is 18.7. The number of rotatable bonds is 5. The van der Waals surface area contributed by atoms with Crippen molar-refractivity contribution >= 4 is 29.9 Å². The van der Waals surface area contributed by atoms with Crippen molar-refractivity contribution in [1.29, 1.82) is 0 Å². The van der Waals surface area contributed by atoms with E-state index in [0.717, 1.165) is 51.9 Å². The zero-order chi connectivity index (χ0) is 20.0. The monoisotopic (exact) mass is 524 g/mol. The summed E-state index contributed by atoms with van der Waals surface area (Å²) in [5, 5.41) is 3.73. The number of guanidine groups is 1. The van der Waals surface area contributed by atoms with Crippen LogP contribution in [0.25, 0.3) is 0 Å². The van der Waals surface area contributed by atoms with Gasteiger partial charge in [0.2, 0.25) is 0 Å². The second-order valence-corrected chi connectivity index (χ2v) is 9.11. The fourth-order valence-electron chi connectivity index (χ4n) is 5.01. The molecule has 0 amide bonds. The number of nitrogens with one attached hydrogen (secondary N) is 1. The van der Waals surface area contributed by atoms with Crippen LogP contribution in [0.1, 0.15) is 46.0 Å². The van der Waals surface area contributed by atoms with Gasteiger partial charge in [0.05, 0.1) is 31.5 Å². The van der Waals surface area contributed by atoms with Gasteiger partial charge < -0.3 is 24.4 Å². The molecule has 3 fully saturated rings. The SMILES string of the molecule is CN=C(NCC1(N2CCOC(C)(C)C2)CCCCC1)N1CCOC(COC)C1.I. The Morgan fingerprint density at radius 2 is 1.93 bits per heavy atom. The Morgan fingerprint density at radius 1 is 1.17 bits per heavy atom. The van der Waals surface area contributed by atoms with Gasteiger partial charge in [-0.15, -0.1) is 24.0 Å². The fraction of sp³-hybridized carbons (Fsp3) is 0.952. The van der Waals surface area contributed by atoms with Crippen LogP contribution in [-0.2, 0) is 14.2 Å². The molecule has 2 saturated heterocycles. The summed E-state index contributed by atoms with van der Waals surface area (Å²) in [4.78, 5) is 9.60. The van der Waals surface area contributed by atoms with Crippen molar-refractivity contribution in [2.45, 2.75) is 63.2 Å². The van der Waals surface area contributed by atoms with Crippen LogP contribution in [0, 0.1) is 0 Å². The Kier molecular flexibility index (Phi) is 9.92. The topological polar surface area (TPSA) is 58.6 Å². The van der Waals surface area contributed by atoms with Gasteiger partial charge in [-0.05, 0) is 26.7 Å². The van der Waals surface area contributed by atoms with Crippen molar-refractivity contribution in [3.8, 4) is 0 Å². The maximum atomic E-state index is 5.99. The number of hydrogen-bond donors (Lipinski definition) is 1. The first-order chi connectivity index (χ1) is 13.5. The molecule has 2 heterocycles. The van der Waals surface area contributed by atoms with Crippen LogP contribution in [0.5, 0.6) is 0 Å². The van der Waals surface area contributed by atoms with E-state index in [4.69, 9.17) is 14.2 Å². The minimum Gasteiger partial charge on any atom is -0.382 e. The minimum atomic E-state index is -0.0675. The third-order valence-electron chi connectivity index (χ3n) is 6.46. The number of nitrogens with zero attached hydrogens (tertiary/aromatic N) is 3. The summed E-state index contributed by atoms with van der Waals surface area (Å²) >= 11 is 0. The molecular weight excluding hydrogens is 483 g/mol. The maximum Gasteiger partial charge on any atom is 0.193 e. The Balaban J connectivity index is 0.00000300. The van der Waals surface area contributed by atoms with E-state index in [2.05, 4.69) is 34.0 Å². The van der Waals surface area contributed by atoms with Crippen molar-refractivity contribution in [1.82, 2.24) is 15.1 Å². The van der Waals surface area contributed by atoms with Crippen molar-refractivity contribution in [3.63, 3.8) is 0 Å². The van der Waals surface area contributed by atoms with Gasteiger partial charge in [-0.3, -0.25) is 9.89 Å². The van der Waals surface area contributed by atoms with Crippen molar-refractivity contribution in [3.05, 3.63) is 0 Å². The molecule has 0 aromatic heterocycles. The summed E-state index contributed by atoms with van der Waals surface area (Å²) in [5.41, 5.74) is 0.134. The van der Waals surface area contributed by atoms with Gasteiger partial charge in [-0.25, -0.2) is 0 Å². The van der Waals surface area contributed by atoms with E-state index >= 15 is 0 Å². The predicted molar refractivity (Wildman–Crippen MR) is 127 cm³/mol. The molecule has 3 aliphatic rings. The number of hydrogen-bond acceptors (Lipinski definition) is 5. The van der Waals surface area contributed by atoms with Crippen molar-refractivity contribution < 1.29 is 14.2 Å². The highest BCUT2D eigenvalue weighted by molar-refractivity contribution is 14.0. The van der Waals surface area contributed by atoms with Crippen LogP contribution in [0.2, 0.25) is 0 Å². The highest BCUT2D eigenvalue weighted by Gasteiger charge is 2.42. The summed E-state index contributed by atoms with van der Waals surface area (Å²) in [7, 11) is 3.61. The van der Waals surface area contributed by atoms with Crippen LogP contribution >= 0.6 is 24.0 Å². The number of aliphatic imine (C=N–C) groups is 1. The molecular formula is C21H41IN4O3. The van der Waals surface area contributed by atoms with Crippen LogP contribution in [0.3, 0.4) is 0 Å². The first kappa shape index (κ1) is 25.1. The number of halogens is 1. The molecule has 1 atom stereocenters. The van der Waals surface area contributed by atoms with Crippen molar-refractivity contribution in [2.75, 3.05) is 66.7 Å². The molecule has 1 unspecified atom stereocenters. The second kappa shape index (κ2) is 11.5. The second-order valence-electron chi connectivity index (χ2n) is 9.11. The summed E-state index contributed by atoms with van der Waals surface area (Å²) in [6, 6.07) is 0. The molecule has 0 aromatic carbocycles. The van der Waals surface area contributed by atoms with E-state index in [1.54, 1.807) is 7.11 Å². The van der Waals surface area contributed by atoms with Crippen molar-refractivity contribution in [2.24, 2.45) is 4.99 Å². The van der Waals surface area contributed by atoms with E-state index in [0.29, 0.717) is 6.61 Å². The third kappa shape index (κ3) is 6.66. The quantitative estimate of drug-likeness (QED) is 0.339. The number of morpholine rings is 2. The Hall–Kier alpha value is -0.160. The van der Waals surface area contributed by atoms with Gasteiger partial charge in [0.15, 0.2) is 5.96 Å². The average molecular weight is 524 g/mol. The van der Waals surface area contributed by atoms with Gasteiger partial charge in [0.25, 0.3) is 0 Å². The molecule has 0 spiro atoms. The molecule has 0 bridgehead atoms. The van der Waals surface area contributed by atoms with E-state index in [1.807, 2.05) is 7.05 Å². The largest absolute Gasteiger partial charge is 0.382 e. The molecule has 2 aliphatic heterocycles. The van der Waals surface area contributed by atoms with Gasteiger partial charge in [0.1, 0.15) is 0 Å². The summed E-state index contributed by atoms with van der Waals surface area (Å²) in [6.45, 7) is 11.3. The van der Waals surface area contributed by atoms with Gasteiger partial charge in [-0.2, -0.15) is 0 Å². The maximum absolute atomic E-state index is 5.99. The lowest BCUT2D eigenvalue weighted by Crippen LogP contribution is -2.64. The first-order valence-corrected chi connectivity index (χ1v) is 10.9. The number of ether oxygens (including phenoxy) is 3. The molecule has 0 radical (unpaired) electrons. The molecule has 3 rings (SSSR count). The van der Waals surface area contributed by atoms with Crippen LogP contribution < -0.4 is 5.32 Å². The summed E-state index contributed by atoms with van der Waals surface area (Å²) < 4.78 is 17.1. The molecule has 1 N–H and O–H groups in total. The third-order valence-corrected chi connectivity index (χ3v) is 6.46. The lowest BCUT2D eigenvalue weighted by molar-refractivity contribution is -0.122. The lowest BCUT2D eigenvalue weighted by atomic mass is 9.79. The van der Waals surface area contributed by atoms with Gasteiger partial charge in [0, 0.05) is 52.4 Å². The summed E-state index contributed by atoms with van der Waals surface area (Å²) in [5.74, 6) is 0.988. The minimum absolute atomic E-state index is 0. The normalized spacial score (nSPS) is 27.9. The Morgan fingerprint density at radius 3 is 2.59 bits per heavy atom. The Labute approximate surface area is 193 Å². The molecule has 1 aliphatic carbocycles. The standard InChI is InChI=1S/C21H40N4O3.HI/c1-20(2)17-25(11-13-28-20)21(8-6-5-7-9-21)16-23-19(22-3)24-10-12-27-18(14-24)15-26-4;/h18H,5-17H2,1-4H3,(H,22,23);1H. The highest BCUT2D eigenvalue weighted by atomic mass is 127. The molecule has 170 valence electrons. The molecule has 29 heavy (non-hydrogen) atoms. The zero-order valence-corrected chi connectivity index (χ0v) is 21.1. The van der Waals surface area contributed by atoms with E-state index < -0.39 is 0 Å². The predicted octanol–water partition coefficient (Wildman–Crippen LogP) is 2.34. The first-order valence-electron chi connectivity index (χ1n) is 10.9. The number of methoxy groups -OCH3 is 1. The van der Waals surface area contributed by atoms with Gasteiger partial charge >= 0.3 is 0 Å². The average Bonchev–Trinajstić information content (AvgIpc) is 2.69. The van der Waals surface area contributed by atoms with Crippen LogP contribution in [0.15, 0.2) is 4.99 Å². The fourth-order valence-corrected chi connectivity index (χ4v) is 5.01. The van der Waals surface area contributed by atoms with E-state index in [9.17, 15) is 0 Å². The van der Waals surface area contributed by atoms with E-state index in [1.165, 1.54) is 32.1 Å².